The summed E-state index contributed by atoms with van der Waals surface area (Å²) in [6.45, 7) is 0. The van der Waals surface area contributed by atoms with Gasteiger partial charge in [0.1, 0.15) is 0 Å². The van der Waals surface area contributed by atoms with Crippen molar-refractivity contribution in [1.82, 2.24) is 14.9 Å². The Morgan fingerprint density at radius 3 is 2.75 bits per heavy atom. The molecule has 0 unspecified atom stereocenters. The van der Waals surface area contributed by atoms with Gasteiger partial charge < -0.3 is 11.5 Å². The van der Waals surface area contributed by atoms with Crippen LogP contribution in [0.25, 0.3) is 0 Å². The number of nitrogens with zero attached hydrogens (tertiary/aromatic N) is 4. The van der Waals surface area contributed by atoms with E-state index in [1.165, 1.54) is 0 Å². The second kappa shape index (κ2) is 2.77. The van der Waals surface area contributed by atoms with E-state index in [0.717, 1.165) is 4.79 Å². The van der Waals surface area contributed by atoms with Crippen LogP contribution in [0.5, 0.6) is 0 Å². The van der Waals surface area contributed by atoms with Gasteiger partial charge in [-0.25, -0.2) is 0 Å². The number of nitrogen functional groups attached to an aromatic ring is 2. The minimum atomic E-state index is -1.07. The molecule has 1 heterocycles. The maximum Gasteiger partial charge on any atom is 0.318 e. The molecule has 10 heteroatoms. The highest BCUT2D eigenvalue weighted by molar-refractivity contribution is 5.26. The molecule has 0 radical (unpaired) electrons. The Kier molecular flexibility index (Phi) is 1.81. The Labute approximate surface area is 65.1 Å². The Morgan fingerprint density at radius 1 is 1.67 bits per heavy atom. The van der Waals surface area contributed by atoms with Gasteiger partial charge in [-0.1, -0.05) is 0 Å². The monoisotopic (exact) mass is 175 g/mol. The molecule has 66 valence electrons. The van der Waals surface area contributed by atoms with Gasteiger partial charge in [-0.3, -0.25) is 0 Å². The molecule has 0 aliphatic carbocycles. The molecule has 0 aromatic carbocycles. The molecule has 0 spiro atoms. The van der Waals surface area contributed by atoms with Gasteiger partial charge in [-0.15, -0.1) is 25.6 Å². The molecular formula is C2H5N7O3. The zero-order chi connectivity index (χ0) is 9.14. The van der Waals surface area contributed by atoms with E-state index < -0.39 is 5.09 Å². The normalized spacial score (nSPS) is 9.33. The van der Waals surface area contributed by atoms with Crippen molar-refractivity contribution in [2.45, 2.75) is 0 Å². The minimum Gasteiger partial charge on any atom is -0.366 e. The van der Waals surface area contributed by atoms with Crippen LogP contribution in [0.4, 0.5) is 11.9 Å². The zero-order valence-electron chi connectivity index (χ0n) is 5.67. The topological polar surface area (TPSA) is 147 Å². The summed E-state index contributed by atoms with van der Waals surface area (Å²) >= 11 is 0. The summed E-state index contributed by atoms with van der Waals surface area (Å²) in [6.07, 6.45) is 0. The quantitative estimate of drug-likeness (QED) is 0.356. The van der Waals surface area contributed by atoms with Gasteiger partial charge in [-0.2, -0.15) is 9.92 Å². The van der Waals surface area contributed by atoms with Crippen molar-refractivity contribution in [2.24, 2.45) is 0 Å². The summed E-state index contributed by atoms with van der Waals surface area (Å²) in [6, 6.07) is 0. The Balaban J connectivity index is 2.62. The second-order valence-corrected chi connectivity index (χ2v) is 1.65. The molecule has 0 amide bonds. The average molecular weight is 175 g/mol. The van der Waals surface area contributed by atoms with Crippen LogP contribution in [0.2, 0.25) is 0 Å². The maximum atomic E-state index is 9.68. The summed E-state index contributed by atoms with van der Waals surface area (Å²) in [7, 11) is 0. The van der Waals surface area contributed by atoms with Crippen molar-refractivity contribution < 1.29 is 10.0 Å². The number of hydrogen-bond acceptors (Lipinski definition) is 8. The fraction of sp³-hybridized carbons (Fsp3) is 0. The lowest BCUT2D eigenvalue weighted by molar-refractivity contribution is -0.752. The van der Waals surface area contributed by atoms with Gasteiger partial charge in [-0.05, 0) is 0 Å². The molecule has 0 aliphatic heterocycles. The number of hydrogen-bond donors (Lipinski definition) is 3. The highest BCUT2D eigenvalue weighted by atomic mass is 17.0. The van der Waals surface area contributed by atoms with Crippen molar-refractivity contribution in [3.63, 3.8) is 0 Å². The van der Waals surface area contributed by atoms with Crippen LogP contribution in [0.3, 0.4) is 0 Å². The fourth-order valence-corrected chi connectivity index (χ4v) is 0.480. The van der Waals surface area contributed by atoms with Crippen LogP contribution in [0, 0.1) is 10.1 Å². The van der Waals surface area contributed by atoms with Crippen LogP contribution in [-0.4, -0.2) is 20.0 Å². The lowest BCUT2D eigenvalue weighted by Gasteiger charge is -2.00. The SMILES string of the molecule is Nc1nc(N)n(NO[N+](=O)[O-])n1. The van der Waals surface area contributed by atoms with Gasteiger partial charge in [0.15, 0.2) is 0 Å². The highest BCUT2D eigenvalue weighted by Crippen LogP contribution is 1.97. The maximum absolute atomic E-state index is 9.68. The predicted octanol–water partition coefficient (Wildman–Crippen LogP) is -1.89. The molecule has 0 bridgehead atoms. The van der Waals surface area contributed by atoms with Crippen LogP contribution in [0.15, 0.2) is 0 Å². The van der Waals surface area contributed by atoms with Gasteiger partial charge in [0.2, 0.25) is 11.9 Å². The summed E-state index contributed by atoms with van der Waals surface area (Å²) < 4.78 is 0. The van der Waals surface area contributed by atoms with Crippen molar-refractivity contribution in [1.29, 1.82) is 0 Å². The number of nitrogens with one attached hydrogen (secondary N) is 1. The Bertz CT molecular complexity index is 293. The summed E-state index contributed by atoms with van der Waals surface area (Å²) in [5, 5.41) is 12.0. The number of aromatic nitrogens is 3. The molecule has 1 aromatic heterocycles. The molecule has 10 nitrogen and oxygen atoms in total. The van der Waals surface area contributed by atoms with E-state index in [9.17, 15) is 10.1 Å². The first kappa shape index (κ1) is 7.84. The van der Waals surface area contributed by atoms with Crippen molar-refractivity contribution in [3.8, 4) is 0 Å². The summed E-state index contributed by atoms with van der Waals surface area (Å²) in [5.74, 6) is -0.263. The van der Waals surface area contributed by atoms with E-state index in [0.29, 0.717) is 0 Å². The number of rotatable bonds is 3. The van der Waals surface area contributed by atoms with Gasteiger partial charge in [0.05, 0.1) is 0 Å². The first-order valence-corrected chi connectivity index (χ1v) is 2.65. The third kappa shape index (κ3) is 1.62. The minimum absolute atomic E-state index is 0.119. The average Bonchev–Trinajstić information content (AvgIpc) is 2.26. The van der Waals surface area contributed by atoms with E-state index in [2.05, 4.69) is 15.0 Å². The fourth-order valence-electron chi connectivity index (χ4n) is 0.480. The largest absolute Gasteiger partial charge is 0.366 e. The van der Waals surface area contributed by atoms with Crippen LogP contribution in [0.1, 0.15) is 0 Å². The van der Waals surface area contributed by atoms with E-state index in [4.69, 9.17) is 11.5 Å². The predicted molar refractivity (Wildman–Crippen MR) is 36.3 cm³/mol. The van der Waals surface area contributed by atoms with E-state index >= 15 is 0 Å². The molecule has 1 aromatic rings. The number of nitrogens with two attached hydrogens (primary N) is 2. The van der Waals surface area contributed by atoms with E-state index in [1.54, 1.807) is 5.59 Å². The molecule has 1 rings (SSSR count). The lowest BCUT2D eigenvalue weighted by Crippen LogP contribution is -2.21. The van der Waals surface area contributed by atoms with Gasteiger partial charge >= 0.3 is 5.09 Å². The molecular weight excluding hydrogens is 170 g/mol. The molecule has 0 saturated carbocycles. The molecule has 12 heavy (non-hydrogen) atoms. The van der Waals surface area contributed by atoms with Crippen molar-refractivity contribution in [3.05, 3.63) is 10.1 Å². The third-order valence-electron chi connectivity index (χ3n) is 0.850. The zero-order valence-corrected chi connectivity index (χ0v) is 5.67. The second-order valence-electron chi connectivity index (χ2n) is 1.65. The molecule has 0 aliphatic rings. The van der Waals surface area contributed by atoms with Gasteiger partial charge in [0.25, 0.3) is 0 Å². The lowest BCUT2D eigenvalue weighted by atomic mass is 11.0. The van der Waals surface area contributed by atoms with Crippen LogP contribution in [-0.2, 0) is 4.94 Å². The Hall–Kier alpha value is -2.26. The summed E-state index contributed by atoms with van der Waals surface area (Å²) in [4.78, 5) is 17.5. The van der Waals surface area contributed by atoms with Gasteiger partial charge in [0, 0.05) is 0 Å². The van der Waals surface area contributed by atoms with E-state index in [-0.39, 0.29) is 11.9 Å². The van der Waals surface area contributed by atoms with E-state index in [1.807, 2.05) is 0 Å². The Morgan fingerprint density at radius 2 is 2.33 bits per heavy atom. The van der Waals surface area contributed by atoms with Crippen LogP contribution >= 0.6 is 0 Å². The van der Waals surface area contributed by atoms with Crippen molar-refractivity contribution in [2.75, 3.05) is 17.1 Å². The first-order chi connectivity index (χ1) is 5.59. The molecule has 5 N–H and O–H groups in total. The smallest absolute Gasteiger partial charge is 0.318 e. The summed E-state index contributed by atoms with van der Waals surface area (Å²) in [5.41, 5.74) is 12.0. The van der Waals surface area contributed by atoms with Crippen molar-refractivity contribution >= 4 is 11.9 Å². The number of anilines is 2. The molecule has 0 saturated heterocycles. The molecule has 0 fully saturated rings. The third-order valence-corrected chi connectivity index (χ3v) is 0.850. The highest BCUT2D eigenvalue weighted by Gasteiger charge is 2.03. The van der Waals surface area contributed by atoms with Crippen LogP contribution < -0.4 is 17.1 Å². The first-order valence-electron chi connectivity index (χ1n) is 2.65. The molecule has 0 atom stereocenters. The standard InChI is InChI=1S/C2H5N7O3/c3-1-5-2(4)8(6-1)7-12-9(10)11/h7H,(H4,3,4,5,6).